The summed E-state index contributed by atoms with van der Waals surface area (Å²) >= 11 is 0. The van der Waals surface area contributed by atoms with Gasteiger partial charge in [-0.3, -0.25) is 4.79 Å². The lowest BCUT2D eigenvalue weighted by Crippen LogP contribution is -2.37. The average Bonchev–Trinajstić information content (AvgIpc) is 3.12. The Morgan fingerprint density at radius 2 is 1.75 bits per heavy atom. The van der Waals surface area contributed by atoms with Gasteiger partial charge in [0.1, 0.15) is 11.5 Å². The first-order valence-corrected chi connectivity index (χ1v) is 5.77. The second-order valence-electron chi connectivity index (χ2n) is 4.64. The molecule has 1 aliphatic carbocycles. The maximum Gasteiger partial charge on any atom is 0.319 e. The highest BCUT2D eigenvalue weighted by Gasteiger charge is 2.50. The monoisotopic (exact) mass is 288 g/mol. The number of carboxylic acid groups (broad SMARTS) is 1. The molecular formula is C12H11F3N2O3. The van der Waals surface area contributed by atoms with Crippen molar-refractivity contribution >= 4 is 17.7 Å². The third kappa shape index (κ3) is 2.84. The number of nitrogens with one attached hydrogen (secondary N) is 2. The molecular weight excluding hydrogens is 277 g/mol. The fraction of sp³-hybridized carbons (Fsp3) is 0.333. The van der Waals surface area contributed by atoms with Gasteiger partial charge >= 0.3 is 12.0 Å². The van der Waals surface area contributed by atoms with E-state index in [1.54, 1.807) is 0 Å². The van der Waals surface area contributed by atoms with E-state index < -0.39 is 40.6 Å². The molecule has 0 radical (unpaired) electrons. The van der Waals surface area contributed by atoms with E-state index in [4.69, 9.17) is 5.11 Å². The maximum atomic E-state index is 13.3. The molecule has 0 bridgehead atoms. The highest BCUT2D eigenvalue weighted by Crippen LogP contribution is 2.45. The summed E-state index contributed by atoms with van der Waals surface area (Å²) in [5.74, 6) is -4.64. The molecule has 2 rings (SSSR count). The molecule has 20 heavy (non-hydrogen) atoms. The SMILES string of the molecule is O=C(NCC1(C(=O)O)CC1)Nc1c(F)cc(F)cc1F. The molecule has 0 heterocycles. The molecule has 2 amide bonds. The summed E-state index contributed by atoms with van der Waals surface area (Å²) in [7, 11) is 0. The molecule has 5 nitrogen and oxygen atoms in total. The maximum absolute atomic E-state index is 13.3. The summed E-state index contributed by atoms with van der Waals surface area (Å²) in [6, 6.07) is -0.0988. The molecule has 8 heteroatoms. The number of halogens is 3. The molecule has 0 saturated heterocycles. The average molecular weight is 288 g/mol. The number of amides is 2. The highest BCUT2D eigenvalue weighted by atomic mass is 19.1. The van der Waals surface area contributed by atoms with Gasteiger partial charge in [0.15, 0.2) is 11.6 Å². The van der Waals surface area contributed by atoms with Gasteiger partial charge in [0.25, 0.3) is 0 Å². The Bertz CT molecular complexity index is 550. The number of anilines is 1. The second kappa shape index (κ2) is 5.03. The van der Waals surface area contributed by atoms with Crippen molar-refractivity contribution in [1.29, 1.82) is 0 Å². The van der Waals surface area contributed by atoms with Gasteiger partial charge in [-0.15, -0.1) is 0 Å². The van der Waals surface area contributed by atoms with Gasteiger partial charge in [-0.25, -0.2) is 18.0 Å². The standard InChI is InChI=1S/C12H11F3N2O3/c13-6-3-7(14)9(8(15)4-6)17-11(20)16-5-12(1-2-12)10(18)19/h3-4H,1-2,5H2,(H,18,19)(H2,16,17,20). The number of carboxylic acids is 1. The van der Waals surface area contributed by atoms with Crippen LogP contribution in [0.25, 0.3) is 0 Å². The predicted octanol–water partition coefficient (Wildman–Crippen LogP) is 2.09. The Morgan fingerprint density at radius 3 is 2.20 bits per heavy atom. The van der Waals surface area contributed by atoms with Crippen LogP contribution < -0.4 is 10.6 Å². The van der Waals surface area contributed by atoms with E-state index in [2.05, 4.69) is 5.32 Å². The largest absolute Gasteiger partial charge is 0.481 e. The van der Waals surface area contributed by atoms with Gasteiger partial charge in [-0.2, -0.15) is 0 Å². The van der Waals surface area contributed by atoms with Crippen molar-refractivity contribution in [2.45, 2.75) is 12.8 Å². The zero-order valence-corrected chi connectivity index (χ0v) is 10.2. The van der Waals surface area contributed by atoms with Crippen molar-refractivity contribution in [3.63, 3.8) is 0 Å². The quantitative estimate of drug-likeness (QED) is 0.793. The smallest absolute Gasteiger partial charge is 0.319 e. The second-order valence-corrected chi connectivity index (χ2v) is 4.64. The lowest BCUT2D eigenvalue weighted by atomic mass is 10.1. The molecule has 0 atom stereocenters. The minimum Gasteiger partial charge on any atom is -0.481 e. The van der Waals surface area contributed by atoms with Crippen molar-refractivity contribution in [2.75, 3.05) is 11.9 Å². The van der Waals surface area contributed by atoms with Gasteiger partial charge in [0, 0.05) is 18.7 Å². The number of hydrogen-bond donors (Lipinski definition) is 3. The number of rotatable bonds is 4. The fourth-order valence-electron chi connectivity index (χ4n) is 1.69. The Balaban J connectivity index is 1.97. The highest BCUT2D eigenvalue weighted by molar-refractivity contribution is 5.90. The van der Waals surface area contributed by atoms with Crippen LogP contribution in [-0.4, -0.2) is 23.7 Å². The third-order valence-electron chi connectivity index (χ3n) is 3.14. The normalized spacial score (nSPS) is 15.6. The summed E-state index contributed by atoms with van der Waals surface area (Å²) in [5, 5.41) is 13.0. The zero-order chi connectivity index (χ0) is 14.9. The molecule has 0 unspecified atom stereocenters. The van der Waals surface area contributed by atoms with E-state index in [0.29, 0.717) is 25.0 Å². The van der Waals surface area contributed by atoms with Crippen molar-refractivity contribution < 1.29 is 27.9 Å². The molecule has 1 fully saturated rings. The van der Waals surface area contributed by atoms with Gasteiger partial charge < -0.3 is 15.7 Å². The summed E-state index contributed by atoms with van der Waals surface area (Å²) < 4.78 is 39.2. The molecule has 0 spiro atoms. The summed E-state index contributed by atoms with van der Waals surface area (Å²) in [5.41, 5.74) is -1.78. The number of hydrogen-bond acceptors (Lipinski definition) is 2. The molecule has 0 aliphatic heterocycles. The van der Waals surface area contributed by atoms with Crippen LogP contribution in [0.3, 0.4) is 0 Å². The van der Waals surface area contributed by atoms with E-state index in [1.807, 2.05) is 5.32 Å². The van der Waals surface area contributed by atoms with Crippen LogP contribution in [0, 0.1) is 22.9 Å². The van der Waals surface area contributed by atoms with Gasteiger partial charge in [0.2, 0.25) is 0 Å². The Hall–Kier alpha value is -2.25. The molecule has 1 aromatic rings. The van der Waals surface area contributed by atoms with E-state index in [9.17, 15) is 22.8 Å². The van der Waals surface area contributed by atoms with E-state index in [0.717, 1.165) is 0 Å². The fourth-order valence-corrected chi connectivity index (χ4v) is 1.69. The number of carbonyl (C=O) groups excluding carboxylic acids is 1. The van der Waals surface area contributed by atoms with Gasteiger partial charge in [0.05, 0.1) is 5.41 Å². The predicted molar refractivity (Wildman–Crippen MR) is 62.6 cm³/mol. The Kier molecular flexibility index (Phi) is 3.56. The van der Waals surface area contributed by atoms with Crippen LogP contribution >= 0.6 is 0 Å². The summed E-state index contributed by atoms with van der Waals surface area (Å²) in [6.07, 6.45) is 0.865. The molecule has 1 saturated carbocycles. The summed E-state index contributed by atoms with van der Waals surface area (Å²) in [6.45, 7) is -0.140. The first kappa shape index (κ1) is 14.2. The number of carbonyl (C=O) groups is 2. The van der Waals surface area contributed by atoms with Crippen molar-refractivity contribution in [3.8, 4) is 0 Å². The number of aliphatic carboxylic acids is 1. The van der Waals surface area contributed by atoms with Gasteiger partial charge in [-0.05, 0) is 12.8 Å². The minimum atomic E-state index is -1.25. The third-order valence-corrected chi connectivity index (χ3v) is 3.14. The van der Waals surface area contributed by atoms with Crippen LogP contribution in [0.15, 0.2) is 12.1 Å². The van der Waals surface area contributed by atoms with Crippen molar-refractivity contribution in [2.24, 2.45) is 5.41 Å². The van der Waals surface area contributed by atoms with Crippen LogP contribution in [0.2, 0.25) is 0 Å². The van der Waals surface area contributed by atoms with Gasteiger partial charge in [-0.1, -0.05) is 0 Å². The molecule has 3 N–H and O–H groups in total. The van der Waals surface area contributed by atoms with E-state index >= 15 is 0 Å². The first-order valence-electron chi connectivity index (χ1n) is 5.77. The molecule has 0 aromatic heterocycles. The molecule has 1 aromatic carbocycles. The van der Waals surface area contributed by atoms with Crippen LogP contribution in [0.4, 0.5) is 23.7 Å². The number of urea groups is 1. The molecule has 1 aliphatic rings. The van der Waals surface area contributed by atoms with Crippen molar-refractivity contribution in [1.82, 2.24) is 5.32 Å². The van der Waals surface area contributed by atoms with E-state index in [-0.39, 0.29) is 6.54 Å². The number of benzene rings is 1. The Labute approximate surface area is 111 Å². The lowest BCUT2D eigenvalue weighted by molar-refractivity contribution is -0.143. The van der Waals surface area contributed by atoms with Crippen LogP contribution in [0.5, 0.6) is 0 Å². The van der Waals surface area contributed by atoms with Crippen LogP contribution in [0.1, 0.15) is 12.8 Å². The lowest BCUT2D eigenvalue weighted by Gasteiger charge is -2.12. The Morgan fingerprint density at radius 1 is 1.20 bits per heavy atom. The minimum absolute atomic E-state index is 0.140. The van der Waals surface area contributed by atoms with E-state index in [1.165, 1.54) is 0 Å². The first-order chi connectivity index (χ1) is 9.34. The van der Waals surface area contributed by atoms with Crippen molar-refractivity contribution in [3.05, 3.63) is 29.6 Å². The van der Waals surface area contributed by atoms with Crippen LogP contribution in [-0.2, 0) is 4.79 Å². The zero-order valence-electron chi connectivity index (χ0n) is 10.2. The topological polar surface area (TPSA) is 78.4 Å². The molecule has 108 valence electrons. The summed E-state index contributed by atoms with van der Waals surface area (Å²) in [4.78, 5) is 22.3.